The van der Waals surface area contributed by atoms with Crippen molar-refractivity contribution >= 4 is 17.0 Å². The van der Waals surface area contributed by atoms with Crippen LogP contribution in [0.2, 0.25) is 0 Å². The number of hydrogen-bond acceptors (Lipinski definition) is 6. The standard InChI is InChI=1S/C11H14N4O4/c12-11-13-9-5(10(18)14-11)1-2-15(9)8-3-6(17)7(4-16)19-8/h1-2,6-8,16-17H,3-4H2,(H3,12,13,14,18)/t6-,7-,8-/m0/s1. The second-order valence-electron chi connectivity index (χ2n) is 4.53. The van der Waals surface area contributed by atoms with Crippen molar-refractivity contribution in [2.24, 2.45) is 0 Å². The highest BCUT2D eigenvalue weighted by Gasteiger charge is 2.35. The number of anilines is 1. The molecule has 0 spiro atoms. The third kappa shape index (κ3) is 1.89. The molecule has 102 valence electrons. The minimum atomic E-state index is -0.744. The van der Waals surface area contributed by atoms with Crippen LogP contribution in [-0.4, -0.2) is 43.6 Å². The van der Waals surface area contributed by atoms with Crippen molar-refractivity contribution in [3.05, 3.63) is 22.6 Å². The van der Waals surface area contributed by atoms with Crippen molar-refractivity contribution in [1.82, 2.24) is 14.5 Å². The van der Waals surface area contributed by atoms with Gasteiger partial charge in [0.05, 0.1) is 18.1 Å². The molecule has 0 bridgehead atoms. The summed E-state index contributed by atoms with van der Waals surface area (Å²) >= 11 is 0. The molecular weight excluding hydrogens is 252 g/mol. The topological polar surface area (TPSA) is 126 Å². The van der Waals surface area contributed by atoms with E-state index in [0.29, 0.717) is 17.5 Å². The van der Waals surface area contributed by atoms with Gasteiger partial charge in [-0.25, -0.2) is 0 Å². The molecule has 19 heavy (non-hydrogen) atoms. The number of nitrogens with two attached hydrogens (primary N) is 1. The Morgan fingerprint density at radius 3 is 3.11 bits per heavy atom. The summed E-state index contributed by atoms with van der Waals surface area (Å²) in [5, 5.41) is 19.2. The van der Waals surface area contributed by atoms with Crippen molar-refractivity contribution in [3.63, 3.8) is 0 Å². The molecule has 0 radical (unpaired) electrons. The van der Waals surface area contributed by atoms with Gasteiger partial charge in [-0.3, -0.25) is 9.78 Å². The Hall–Kier alpha value is -1.90. The molecule has 8 nitrogen and oxygen atoms in total. The zero-order chi connectivity index (χ0) is 13.6. The van der Waals surface area contributed by atoms with Crippen molar-refractivity contribution in [2.75, 3.05) is 12.3 Å². The van der Waals surface area contributed by atoms with E-state index >= 15 is 0 Å². The number of rotatable bonds is 2. The van der Waals surface area contributed by atoms with Crippen LogP contribution >= 0.6 is 0 Å². The van der Waals surface area contributed by atoms with E-state index < -0.39 is 18.4 Å². The number of hydrogen-bond donors (Lipinski definition) is 4. The molecule has 1 fully saturated rings. The van der Waals surface area contributed by atoms with Gasteiger partial charge in [0.25, 0.3) is 5.56 Å². The number of aromatic amines is 1. The van der Waals surface area contributed by atoms with Gasteiger partial charge in [-0.15, -0.1) is 0 Å². The summed E-state index contributed by atoms with van der Waals surface area (Å²) in [6.45, 7) is -0.257. The number of nitrogens with one attached hydrogen (secondary N) is 1. The highest BCUT2D eigenvalue weighted by atomic mass is 16.5. The van der Waals surface area contributed by atoms with E-state index in [1.165, 1.54) is 0 Å². The van der Waals surface area contributed by atoms with E-state index in [1.54, 1.807) is 16.8 Å². The van der Waals surface area contributed by atoms with Gasteiger partial charge < -0.3 is 25.3 Å². The molecule has 1 saturated heterocycles. The maximum atomic E-state index is 11.7. The van der Waals surface area contributed by atoms with Crippen molar-refractivity contribution in [1.29, 1.82) is 0 Å². The van der Waals surface area contributed by atoms with Gasteiger partial charge in [0.15, 0.2) is 5.65 Å². The Morgan fingerprint density at radius 1 is 1.63 bits per heavy atom. The van der Waals surface area contributed by atoms with Crippen LogP contribution in [-0.2, 0) is 4.74 Å². The average Bonchev–Trinajstić information content (AvgIpc) is 2.92. The van der Waals surface area contributed by atoms with E-state index in [9.17, 15) is 9.90 Å². The smallest absolute Gasteiger partial charge is 0.261 e. The summed E-state index contributed by atoms with van der Waals surface area (Å²) in [6.07, 6.45) is 0.138. The van der Waals surface area contributed by atoms with Gasteiger partial charge in [0.2, 0.25) is 5.95 Å². The molecule has 2 aromatic heterocycles. The molecule has 3 rings (SSSR count). The maximum absolute atomic E-state index is 11.7. The average molecular weight is 266 g/mol. The van der Waals surface area contributed by atoms with Crippen LogP contribution in [0, 0.1) is 0 Å². The first-order valence-corrected chi connectivity index (χ1v) is 5.91. The molecule has 0 saturated carbocycles. The Bertz CT molecular complexity index is 664. The van der Waals surface area contributed by atoms with Crippen LogP contribution in [0.3, 0.4) is 0 Å². The van der Waals surface area contributed by atoms with E-state index in [2.05, 4.69) is 9.97 Å². The number of nitrogen functional groups attached to an aromatic ring is 1. The summed E-state index contributed by atoms with van der Waals surface area (Å²) in [6, 6.07) is 1.61. The number of H-pyrrole nitrogens is 1. The number of ether oxygens (including phenoxy) is 1. The van der Waals surface area contributed by atoms with Crippen LogP contribution in [0.1, 0.15) is 12.6 Å². The molecule has 2 aromatic rings. The fourth-order valence-electron chi connectivity index (χ4n) is 2.34. The van der Waals surface area contributed by atoms with E-state index in [1.807, 2.05) is 0 Å². The van der Waals surface area contributed by atoms with Crippen LogP contribution in [0.4, 0.5) is 5.95 Å². The van der Waals surface area contributed by atoms with E-state index in [0.717, 1.165) is 0 Å². The lowest BCUT2D eigenvalue weighted by molar-refractivity contribution is -0.0430. The fraction of sp³-hybridized carbons (Fsp3) is 0.455. The molecule has 1 aliphatic heterocycles. The number of aromatic nitrogens is 3. The second kappa shape index (κ2) is 4.34. The quantitative estimate of drug-likeness (QED) is 0.549. The van der Waals surface area contributed by atoms with Crippen LogP contribution < -0.4 is 11.3 Å². The SMILES string of the molecule is Nc1nc2c(ccn2[C@@H]2C[C@H](O)[C@H](CO)O2)c(=O)[nH]1. The predicted octanol–water partition coefficient (Wildman–Crippen LogP) is -1.05. The Kier molecular flexibility index (Phi) is 2.77. The maximum Gasteiger partial charge on any atom is 0.261 e. The molecule has 8 heteroatoms. The summed E-state index contributed by atoms with van der Waals surface area (Å²) in [5.41, 5.74) is 5.60. The molecule has 0 aliphatic carbocycles. The molecule has 5 N–H and O–H groups in total. The predicted molar refractivity (Wildman–Crippen MR) is 66.4 cm³/mol. The lowest BCUT2D eigenvalue weighted by atomic mass is 10.2. The minimum Gasteiger partial charge on any atom is -0.394 e. The van der Waals surface area contributed by atoms with Gasteiger partial charge >= 0.3 is 0 Å². The Balaban J connectivity index is 2.05. The molecular formula is C11H14N4O4. The zero-order valence-electron chi connectivity index (χ0n) is 9.98. The first kappa shape index (κ1) is 12.2. The van der Waals surface area contributed by atoms with Gasteiger partial charge in [-0.1, -0.05) is 0 Å². The van der Waals surface area contributed by atoms with E-state index in [4.69, 9.17) is 15.6 Å². The van der Waals surface area contributed by atoms with Gasteiger partial charge in [-0.05, 0) is 6.07 Å². The highest BCUT2D eigenvalue weighted by molar-refractivity contribution is 5.76. The Labute approximate surface area is 107 Å². The molecule has 3 heterocycles. The largest absolute Gasteiger partial charge is 0.394 e. The minimum absolute atomic E-state index is 0.0229. The van der Waals surface area contributed by atoms with Gasteiger partial charge in [0.1, 0.15) is 12.3 Å². The lowest BCUT2D eigenvalue weighted by Crippen LogP contribution is -2.24. The number of aliphatic hydroxyl groups excluding tert-OH is 2. The molecule has 0 aromatic carbocycles. The van der Waals surface area contributed by atoms with Gasteiger partial charge in [-0.2, -0.15) is 4.98 Å². The summed E-state index contributed by atoms with van der Waals surface area (Å²) in [5.74, 6) is 0.0229. The fourth-order valence-corrected chi connectivity index (χ4v) is 2.34. The lowest BCUT2D eigenvalue weighted by Gasteiger charge is -2.14. The van der Waals surface area contributed by atoms with E-state index in [-0.39, 0.29) is 18.1 Å². The number of fused-ring (bicyclic) bond motifs is 1. The monoisotopic (exact) mass is 266 g/mol. The van der Waals surface area contributed by atoms with Crippen molar-refractivity contribution < 1.29 is 14.9 Å². The molecule has 3 atom stereocenters. The second-order valence-corrected chi connectivity index (χ2v) is 4.53. The third-order valence-corrected chi connectivity index (χ3v) is 3.29. The third-order valence-electron chi connectivity index (χ3n) is 3.29. The normalized spacial score (nSPS) is 27.2. The van der Waals surface area contributed by atoms with Crippen molar-refractivity contribution in [2.45, 2.75) is 24.9 Å². The summed E-state index contributed by atoms with van der Waals surface area (Å²) in [7, 11) is 0. The van der Waals surface area contributed by atoms with Crippen LogP contribution in [0.5, 0.6) is 0 Å². The van der Waals surface area contributed by atoms with Crippen LogP contribution in [0.25, 0.3) is 11.0 Å². The highest BCUT2D eigenvalue weighted by Crippen LogP contribution is 2.30. The first-order valence-electron chi connectivity index (χ1n) is 5.91. The van der Waals surface area contributed by atoms with Crippen molar-refractivity contribution in [3.8, 4) is 0 Å². The number of nitrogens with zero attached hydrogens (tertiary/aromatic N) is 2. The van der Waals surface area contributed by atoms with Crippen LogP contribution in [0.15, 0.2) is 17.1 Å². The molecule has 0 unspecified atom stereocenters. The molecule has 1 aliphatic rings. The first-order chi connectivity index (χ1) is 9.10. The zero-order valence-corrected chi connectivity index (χ0v) is 9.98. The Morgan fingerprint density at radius 2 is 2.42 bits per heavy atom. The molecule has 0 amide bonds. The number of aliphatic hydroxyl groups is 2. The van der Waals surface area contributed by atoms with Gasteiger partial charge in [0, 0.05) is 12.6 Å². The summed E-state index contributed by atoms with van der Waals surface area (Å²) < 4.78 is 7.16. The summed E-state index contributed by atoms with van der Waals surface area (Å²) in [4.78, 5) is 18.2.